The van der Waals surface area contributed by atoms with Crippen LogP contribution in [0.4, 0.5) is 0 Å². The molecule has 0 atom stereocenters. The van der Waals surface area contributed by atoms with Gasteiger partial charge in [0.15, 0.2) is 0 Å². The van der Waals surface area contributed by atoms with E-state index in [1.165, 1.54) is 0 Å². The number of likely N-dealkylation sites (tertiary alicyclic amines) is 2. The van der Waals surface area contributed by atoms with Gasteiger partial charge in [-0.15, -0.1) is 10.2 Å². The first kappa shape index (κ1) is 17.6. The monoisotopic (exact) mass is 369 g/mol. The van der Waals surface area contributed by atoms with E-state index < -0.39 is 0 Å². The molecule has 0 saturated carbocycles. The lowest BCUT2D eigenvalue weighted by Crippen LogP contribution is -2.38. The molecule has 0 aromatic carbocycles. The van der Waals surface area contributed by atoms with Gasteiger partial charge >= 0.3 is 0 Å². The first-order valence-electron chi connectivity index (χ1n) is 9.50. The van der Waals surface area contributed by atoms with E-state index in [2.05, 4.69) is 15.2 Å². The molecule has 0 bridgehead atoms. The summed E-state index contributed by atoms with van der Waals surface area (Å²) in [6.07, 6.45) is 7.10. The predicted octanol–water partition coefficient (Wildman–Crippen LogP) is 1.65. The molecule has 0 radical (unpaired) electrons. The van der Waals surface area contributed by atoms with Crippen LogP contribution in [0.2, 0.25) is 0 Å². The number of nitrogens with zero attached hydrogens (tertiary/aromatic N) is 5. The lowest BCUT2D eigenvalue weighted by atomic mass is 9.96. The van der Waals surface area contributed by atoms with Crippen LogP contribution in [0.1, 0.15) is 53.7 Å². The summed E-state index contributed by atoms with van der Waals surface area (Å²) in [6.45, 7) is 2.93. The fraction of sp³-hybridized carbons (Fsp3) is 0.526. The maximum atomic E-state index is 12.5. The maximum Gasteiger partial charge on any atom is 0.255 e. The molecule has 4 rings (SSSR count). The SMILES string of the molecule is O=C(Cc1nnc(C2CCN(C(=O)c3cccnc3)CC2)o1)N1CCCC1. The highest BCUT2D eigenvalue weighted by molar-refractivity contribution is 5.93. The van der Waals surface area contributed by atoms with Gasteiger partial charge in [0.25, 0.3) is 5.91 Å². The van der Waals surface area contributed by atoms with Crippen LogP contribution in [0.3, 0.4) is 0 Å². The van der Waals surface area contributed by atoms with Crippen LogP contribution < -0.4 is 0 Å². The van der Waals surface area contributed by atoms with Gasteiger partial charge < -0.3 is 14.2 Å². The number of hydrogen-bond donors (Lipinski definition) is 0. The molecule has 2 aliphatic rings. The van der Waals surface area contributed by atoms with E-state index in [4.69, 9.17) is 4.42 Å². The molecule has 2 amide bonds. The third-order valence-electron chi connectivity index (χ3n) is 5.28. The molecule has 8 heteroatoms. The van der Waals surface area contributed by atoms with E-state index in [0.29, 0.717) is 30.4 Å². The number of amides is 2. The van der Waals surface area contributed by atoms with Crippen LogP contribution in [0.15, 0.2) is 28.9 Å². The Kier molecular flexibility index (Phi) is 5.13. The Morgan fingerprint density at radius 3 is 2.56 bits per heavy atom. The quantitative estimate of drug-likeness (QED) is 0.814. The van der Waals surface area contributed by atoms with Crippen LogP contribution in [0.5, 0.6) is 0 Å². The highest BCUT2D eigenvalue weighted by atomic mass is 16.4. The van der Waals surface area contributed by atoms with Crippen molar-refractivity contribution in [3.05, 3.63) is 41.9 Å². The molecule has 0 aliphatic carbocycles. The minimum Gasteiger partial charge on any atom is -0.424 e. The van der Waals surface area contributed by atoms with Crippen LogP contribution in [0, 0.1) is 0 Å². The van der Waals surface area contributed by atoms with Crippen LogP contribution >= 0.6 is 0 Å². The van der Waals surface area contributed by atoms with Gasteiger partial charge in [-0.1, -0.05) is 0 Å². The second-order valence-corrected chi connectivity index (χ2v) is 7.11. The highest BCUT2D eigenvalue weighted by Gasteiger charge is 2.28. The fourth-order valence-electron chi connectivity index (χ4n) is 3.71. The number of hydrogen-bond acceptors (Lipinski definition) is 6. The average Bonchev–Trinajstić information content (AvgIpc) is 3.40. The molecular weight excluding hydrogens is 346 g/mol. The molecule has 2 fully saturated rings. The van der Waals surface area contributed by atoms with E-state index in [1.54, 1.807) is 24.5 Å². The molecular formula is C19H23N5O3. The van der Waals surface area contributed by atoms with Gasteiger partial charge in [-0.05, 0) is 37.8 Å². The van der Waals surface area contributed by atoms with Crippen molar-refractivity contribution in [1.82, 2.24) is 25.0 Å². The summed E-state index contributed by atoms with van der Waals surface area (Å²) in [6, 6.07) is 3.55. The number of pyridine rings is 1. The van der Waals surface area contributed by atoms with Gasteiger partial charge in [0, 0.05) is 44.5 Å². The minimum absolute atomic E-state index is 0.00368. The Labute approximate surface area is 157 Å². The normalized spacial score (nSPS) is 18.1. The Balaban J connectivity index is 1.31. The zero-order valence-corrected chi connectivity index (χ0v) is 15.2. The van der Waals surface area contributed by atoms with Crippen molar-refractivity contribution in [3.63, 3.8) is 0 Å². The summed E-state index contributed by atoms with van der Waals surface area (Å²) in [4.78, 5) is 32.4. The molecule has 8 nitrogen and oxygen atoms in total. The standard InChI is InChI=1S/C19H23N5O3/c25-17(23-8-1-2-9-23)12-16-21-22-18(27-16)14-5-10-24(11-6-14)19(26)15-4-3-7-20-13-15/h3-4,7,13-14H,1-2,5-6,8-12H2. The molecule has 0 spiro atoms. The van der Waals surface area contributed by atoms with Crippen LogP contribution in [-0.4, -0.2) is 63.0 Å². The van der Waals surface area contributed by atoms with Crippen molar-refractivity contribution in [3.8, 4) is 0 Å². The number of piperidine rings is 1. The van der Waals surface area contributed by atoms with Crippen molar-refractivity contribution < 1.29 is 14.0 Å². The Morgan fingerprint density at radius 2 is 1.85 bits per heavy atom. The molecule has 2 aromatic rings. The first-order valence-corrected chi connectivity index (χ1v) is 9.50. The summed E-state index contributed by atoms with van der Waals surface area (Å²) >= 11 is 0. The van der Waals surface area contributed by atoms with Crippen molar-refractivity contribution in [2.24, 2.45) is 0 Å². The van der Waals surface area contributed by atoms with E-state index in [9.17, 15) is 9.59 Å². The van der Waals surface area contributed by atoms with E-state index in [-0.39, 0.29) is 24.2 Å². The molecule has 2 aromatic heterocycles. The first-order chi connectivity index (χ1) is 13.2. The highest BCUT2D eigenvalue weighted by Crippen LogP contribution is 2.28. The lowest BCUT2D eigenvalue weighted by Gasteiger charge is -2.30. The molecule has 2 aliphatic heterocycles. The largest absolute Gasteiger partial charge is 0.424 e. The Bertz CT molecular complexity index is 793. The second-order valence-electron chi connectivity index (χ2n) is 7.11. The van der Waals surface area contributed by atoms with Crippen molar-refractivity contribution >= 4 is 11.8 Å². The smallest absolute Gasteiger partial charge is 0.255 e. The molecule has 142 valence electrons. The maximum absolute atomic E-state index is 12.5. The van der Waals surface area contributed by atoms with E-state index >= 15 is 0 Å². The average molecular weight is 369 g/mol. The fourth-order valence-corrected chi connectivity index (χ4v) is 3.71. The van der Waals surface area contributed by atoms with Gasteiger partial charge in [-0.25, -0.2) is 0 Å². The van der Waals surface area contributed by atoms with Crippen LogP contribution in [-0.2, 0) is 11.2 Å². The summed E-state index contributed by atoms with van der Waals surface area (Å²) in [7, 11) is 0. The molecule has 27 heavy (non-hydrogen) atoms. The van der Waals surface area contributed by atoms with Gasteiger partial charge in [0.05, 0.1) is 5.56 Å². The summed E-state index contributed by atoms with van der Waals surface area (Å²) in [5.41, 5.74) is 0.608. The summed E-state index contributed by atoms with van der Waals surface area (Å²) < 4.78 is 5.75. The van der Waals surface area contributed by atoms with Gasteiger partial charge in [-0.2, -0.15) is 0 Å². The third kappa shape index (κ3) is 3.99. The zero-order valence-electron chi connectivity index (χ0n) is 15.2. The van der Waals surface area contributed by atoms with E-state index in [0.717, 1.165) is 38.8 Å². The third-order valence-corrected chi connectivity index (χ3v) is 5.28. The number of carbonyl (C=O) groups excluding carboxylic acids is 2. The summed E-state index contributed by atoms with van der Waals surface area (Å²) in [5, 5.41) is 8.20. The number of rotatable bonds is 4. The Morgan fingerprint density at radius 1 is 1.07 bits per heavy atom. The van der Waals surface area contributed by atoms with Crippen molar-refractivity contribution in [2.45, 2.75) is 38.0 Å². The van der Waals surface area contributed by atoms with Crippen LogP contribution in [0.25, 0.3) is 0 Å². The van der Waals surface area contributed by atoms with E-state index in [1.807, 2.05) is 9.80 Å². The van der Waals surface area contributed by atoms with Crippen molar-refractivity contribution in [2.75, 3.05) is 26.2 Å². The van der Waals surface area contributed by atoms with Gasteiger partial charge in [0.2, 0.25) is 17.7 Å². The topological polar surface area (TPSA) is 92.4 Å². The Hall–Kier alpha value is -2.77. The second kappa shape index (κ2) is 7.85. The number of aromatic nitrogens is 3. The van der Waals surface area contributed by atoms with Crippen molar-refractivity contribution in [1.29, 1.82) is 0 Å². The lowest BCUT2D eigenvalue weighted by molar-refractivity contribution is -0.129. The molecule has 2 saturated heterocycles. The van der Waals surface area contributed by atoms with Gasteiger partial charge in [0.1, 0.15) is 6.42 Å². The minimum atomic E-state index is 0.00368. The van der Waals surface area contributed by atoms with Gasteiger partial charge in [-0.3, -0.25) is 14.6 Å². The molecule has 0 unspecified atom stereocenters. The molecule has 0 N–H and O–H groups in total. The predicted molar refractivity (Wildman–Crippen MR) is 95.9 cm³/mol. The number of carbonyl (C=O) groups is 2. The zero-order chi connectivity index (χ0) is 18.6. The molecule has 4 heterocycles. The summed E-state index contributed by atoms with van der Waals surface area (Å²) in [5.74, 6) is 1.15.